The first-order valence-electron chi connectivity index (χ1n) is 34.6. The summed E-state index contributed by atoms with van der Waals surface area (Å²) in [7, 11) is 0. The lowest BCUT2D eigenvalue weighted by atomic mass is 9.59. The lowest BCUT2D eigenvalue weighted by molar-refractivity contribution is -0.0139. The smallest absolute Gasteiger partial charge is 0.127 e. The second-order valence-corrected chi connectivity index (χ2v) is 35.7. The van der Waals surface area contributed by atoms with Gasteiger partial charge in [0.1, 0.15) is 68.9 Å². The van der Waals surface area contributed by atoms with Crippen LogP contribution in [0.15, 0.2) is 129 Å². The largest absolute Gasteiger partial charge is 0.508 e. The first kappa shape index (κ1) is 69.9. The van der Waals surface area contributed by atoms with E-state index in [1.807, 2.05) is 54.5 Å². The van der Waals surface area contributed by atoms with E-state index in [0.29, 0.717) is 23.3 Å². The Labute approximate surface area is 568 Å². The van der Waals surface area contributed by atoms with Gasteiger partial charge in [0.2, 0.25) is 0 Å². The Morgan fingerprint density at radius 3 is 1.36 bits per heavy atom. The van der Waals surface area contributed by atoms with Gasteiger partial charge < -0.3 is 63.6 Å². The Morgan fingerprint density at radius 1 is 0.427 bits per heavy atom. The highest BCUT2D eigenvalue weighted by molar-refractivity contribution is 5.71. The molecule has 2 fully saturated rings. The van der Waals surface area contributed by atoms with E-state index in [-0.39, 0.29) is 154 Å². The predicted octanol–water partition coefficient (Wildman–Crippen LogP) is 20.1. The molecule has 4 aliphatic rings. The maximum absolute atomic E-state index is 14.0. The molecule has 0 radical (unpaired) electrons. The molecule has 13 atom stereocenters. The SMILES string of the molecule is Cc1ccc(O)c(C(c2cc(C(c3ccco3)c3cc(C(C)(C)C)c(O)c(C(c4ccco4)c4ccc(O)c(C(C)C56C=CC(O5)C(CC(C)(C)C)C6CC(C)(C)C)c4O)c3O)c(O)c(C(c3ccco3)C(C)(C)C)c2O)C23C=CC(O2)C(CC(C)(C)C)C3CC(C)(C)C)c1O. The van der Waals surface area contributed by atoms with Gasteiger partial charge >= 0.3 is 0 Å². The summed E-state index contributed by atoms with van der Waals surface area (Å²) in [4.78, 5) is 0. The van der Waals surface area contributed by atoms with Crippen molar-refractivity contribution in [1.29, 1.82) is 0 Å². The van der Waals surface area contributed by atoms with Gasteiger partial charge in [0.25, 0.3) is 0 Å². The lowest BCUT2D eigenvalue weighted by Gasteiger charge is -2.44. The van der Waals surface area contributed by atoms with E-state index in [9.17, 15) is 40.9 Å². The number of aryl methyl sites for hydroxylation is 1. The summed E-state index contributed by atoms with van der Waals surface area (Å²) >= 11 is 0. The van der Waals surface area contributed by atoms with Gasteiger partial charge in [-0.05, 0) is 155 Å². The van der Waals surface area contributed by atoms with Crippen LogP contribution in [-0.4, -0.2) is 64.3 Å². The third-order valence-corrected chi connectivity index (χ3v) is 21.3. The van der Waals surface area contributed by atoms with Gasteiger partial charge in [-0.15, -0.1) is 0 Å². The number of phenols is 8. The molecule has 0 saturated carbocycles. The fraction of sp³-hybridized carbons (Fsp3) is 0.518. The monoisotopic (exact) mass is 1310 g/mol. The molecule has 7 aromatic rings. The number of rotatable bonds is 17. The van der Waals surface area contributed by atoms with E-state index in [4.69, 9.17) is 22.7 Å². The van der Waals surface area contributed by atoms with Gasteiger partial charge in [0, 0.05) is 50.4 Å². The molecular weight excluding hydrogens is 1200 g/mol. The van der Waals surface area contributed by atoms with Crippen LogP contribution in [0.2, 0.25) is 0 Å². The van der Waals surface area contributed by atoms with Crippen molar-refractivity contribution in [3.8, 4) is 46.0 Å². The molecule has 4 aliphatic heterocycles. The van der Waals surface area contributed by atoms with Crippen LogP contribution in [0.4, 0.5) is 0 Å². The normalized spacial score (nSPS) is 24.5. The minimum Gasteiger partial charge on any atom is -0.508 e. The van der Waals surface area contributed by atoms with Crippen molar-refractivity contribution in [3.05, 3.63) is 189 Å². The van der Waals surface area contributed by atoms with Crippen molar-refractivity contribution in [2.75, 3.05) is 0 Å². The van der Waals surface area contributed by atoms with Crippen LogP contribution in [0.25, 0.3) is 0 Å². The zero-order valence-corrected chi connectivity index (χ0v) is 60.3. The van der Waals surface area contributed by atoms with E-state index in [0.717, 1.165) is 19.3 Å². The van der Waals surface area contributed by atoms with E-state index < -0.39 is 57.4 Å². The van der Waals surface area contributed by atoms with Crippen LogP contribution in [0, 0.1) is 57.7 Å². The molecule has 11 rings (SSSR count). The first-order valence-corrected chi connectivity index (χ1v) is 34.6. The second-order valence-electron chi connectivity index (χ2n) is 35.7. The zero-order valence-electron chi connectivity index (χ0n) is 60.3. The molecule has 96 heavy (non-hydrogen) atoms. The fourth-order valence-corrected chi connectivity index (χ4v) is 17.6. The predicted molar refractivity (Wildman–Crippen MR) is 376 cm³/mol. The van der Waals surface area contributed by atoms with E-state index in [1.165, 1.54) is 12.5 Å². The van der Waals surface area contributed by atoms with Crippen LogP contribution in [0.1, 0.15) is 260 Å². The highest BCUT2D eigenvalue weighted by atomic mass is 16.5. The number of fused-ring (bicyclic) bond motifs is 4. The molecule has 0 amide bonds. The molecule has 4 aromatic carbocycles. The Bertz CT molecular complexity index is 4050. The first-order chi connectivity index (χ1) is 44.5. The summed E-state index contributed by atoms with van der Waals surface area (Å²) in [6, 6.07) is 20.2. The van der Waals surface area contributed by atoms with Crippen LogP contribution in [0.5, 0.6) is 46.0 Å². The fourth-order valence-electron chi connectivity index (χ4n) is 17.6. The van der Waals surface area contributed by atoms with E-state index in [2.05, 4.69) is 107 Å². The highest BCUT2D eigenvalue weighted by Crippen LogP contribution is 2.67. The van der Waals surface area contributed by atoms with Crippen molar-refractivity contribution in [1.82, 2.24) is 0 Å². The molecule has 13 heteroatoms. The average Bonchev–Trinajstić information content (AvgIpc) is 1.47. The summed E-state index contributed by atoms with van der Waals surface area (Å²) < 4.78 is 34.0. The molecule has 7 heterocycles. The molecule has 2 saturated heterocycles. The highest BCUT2D eigenvalue weighted by Gasteiger charge is 2.64. The van der Waals surface area contributed by atoms with Crippen LogP contribution in [-0.2, 0) is 14.9 Å². The average molecular weight is 1310 g/mol. The third-order valence-electron chi connectivity index (χ3n) is 21.3. The summed E-state index contributed by atoms with van der Waals surface area (Å²) in [6.45, 7) is 42.3. The van der Waals surface area contributed by atoms with Crippen molar-refractivity contribution in [2.45, 2.75) is 223 Å². The van der Waals surface area contributed by atoms with E-state index in [1.54, 1.807) is 79.9 Å². The Kier molecular flexibility index (Phi) is 17.6. The van der Waals surface area contributed by atoms with Gasteiger partial charge in [-0.25, -0.2) is 0 Å². The van der Waals surface area contributed by atoms with Crippen LogP contribution < -0.4 is 0 Å². The number of phenolic OH excluding ortho intramolecular Hbond substituents is 8. The number of ether oxygens (including phenoxy) is 2. The molecule has 8 N–H and O–H groups in total. The third kappa shape index (κ3) is 12.4. The quantitative estimate of drug-likeness (QED) is 0.0398. The van der Waals surface area contributed by atoms with Gasteiger partial charge in [0.15, 0.2) is 0 Å². The molecule has 516 valence electrons. The van der Waals surface area contributed by atoms with Crippen molar-refractivity contribution >= 4 is 0 Å². The molecule has 0 spiro atoms. The zero-order chi connectivity index (χ0) is 70.3. The molecule has 0 aliphatic carbocycles. The second kappa shape index (κ2) is 24.2. The molecular formula is C83H106O13. The molecule has 13 nitrogen and oxygen atoms in total. The molecule has 4 bridgehead atoms. The van der Waals surface area contributed by atoms with Gasteiger partial charge in [-0.1, -0.05) is 168 Å². The molecule has 13 unspecified atom stereocenters. The standard InChI is InChI=1S/C83H106O13/c1-44-27-29-56(85)65(70(44)86)68(83-34-32-58(96-83)51(41-77(6,7)8)54(83)43-79(12,13)14)49-38-47(73(89)67(74(49)90)69(81(18,19)20)61-26-23-37-94-61)63(59-24-21-35-92-59)48-39-52(80(15,16)17)75(91)66(72(48)88)64(60-25-22-36-93-60)46-28-30-55(84)62(71(46)87)45(2)82-33-31-57(95-82)50(40-76(3,4)5)53(82)42-78(9,10)11/h21-39,45,50-51,53-54,57-58,63-64,68-69,84-91H,40-43H2,1-20H3. The Morgan fingerprint density at radius 2 is 0.865 bits per heavy atom. The van der Waals surface area contributed by atoms with Gasteiger partial charge in [-0.3, -0.25) is 0 Å². The van der Waals surface area contributed by atoms with Gasteiger partial charge in [-0.2, -0.15) is 0 Å². The van der Waals surface area contributed by atoms with Crippen molar-refractivity contribution < 1.29 is 63.6 Å². The summed E-state index contributed by atoms with van der Waals surface area (Å²) in [6.07, 6.45) is 15.6. The Balaban J connectivity index is 1.22. The van der Waals surface area contributed by atoms with E-state index >= 15 is 0 Å². The van der Waals surface area contributed by atoms with Crippen LogP contribution in [0.3, 0.4) is 0 Å². The van der Waals surface area contributed by atoms with Crippen molar-refractivity contribution in [2.24, 2.45) is 50.7 Å². The lowest BCUT2D eigenvalue weighted by Crippen LogP contribution is -2.44. The minimum absolute atomic E-state index is 0.00783. The number of aromatic hydroxyl groups is 8. The number of hydrogen-bond donors (Lipinski definition) is 8. The molecule has 3 aromatic heterocycles. The topological polar surface area (TPSA) is 220 Å². The number of benzene rings is 4. The van der Waals surface area contributed by atoms with Gasteiger partial charge in [0.05, 0.1) is 65.8 Å². The van der Waals surface area contributed by atoms with Crippen molar-refractivity contribution in [3.63, 3.8) is 0 Å². The number of furan rings is 3. The summed E-state index contributed by atoms with van der Waals surface area (Å²) in [5.41, 5.74) is -2.48. The summed E-state index contributed by atoms with van der Waals surface area (Å²) in [5, 5.41) is 106. The maximum atomic E-state index is 14.0. The summed E-state index contributed by atoms with van der Waals surface area (Å²) in [5.74, 6) is -6.67. The van der Waals surface area contributed by atoms with Crippen LogP contribution >= 0.6 is 0 Å². The number of hydrogen-bond acceptors (Lipinski definition) is 13. The maximum Gasteiger partial charge on any atom is 0.127 e. The minimum atomic E-state index is -1.34. The Hall–Kier alpha value is -7.48.